The zero-order chi connectivity index (χ0) is 9.42. The average Bonchev–Trinajstić information content (AvgIpc) is 2.09. The molecule has 0 saturated carbocycles. The second kappa shape index (κ2) is 2.83. The van der Waals surface area contributed by atoms with E-state index < -0.39 is 0 Å². The largest absolute Gasteiger partial charge is 0.506 e. The van der Waals surface area contributed by atoms with Crippen LogP contribution in [0, 0.1) is 6.92 Å². The van der Waals surface area contributed by atoms with Gasteiger partial charge in [0.1, 0.15) is 11.4 Å². The van der Waals surface area contributed by atoms with Crippen LogP contribution in [0.1, 0.15) is 34.6 Å². The molecular weight excluding hydrogens is 166 g/mol. The monoisotopic (exact) mass is 177 g/mol. The highest BCUT2D eigenvalue weighted by Gasteiger charge is 2.19. The van der Waals surface area contributed by atoms with Gasteiger partial charge in [0.2, 0.25) is 0 Å². The van der Waals surface area contributed by atoms with Crippen molar-refractivity contribution in [3.05, 3.63) is 23.0 Å². The predicted molar refractivity (Wildman–Crippen MR) is 47.9 cm³/mol. The number of hydrogen-bond acceptors (Lipinski definition) is 3. The zero-order valence-corrected chi connectivity index (χ0v) is 7.50. The summed E-state index contributed by atoms with van der Waals surface area (Å²) in [5.41, 5.74) is 1.98. The first-order chi connectivity index (χ1) is 6.18. The molecule has 3 nitrogen and oxygen atoms in total. The summed E-state index contributed by atoms with van der Waals surface area (Å²) in [6, 6.07) is 1.66. The molecule has 0 aliphatic heterocycles. The van der Waals surface area contributed by atoms with E-state index in [-0.39, 0.29) is 11.5 Å². The van der Waals surface area contributed by atoms with E-state index in [0.29, 0.717) is 17.8 Å². The summed E-state index contributed by atoms with van der Waals surface area (Å²) in [6.07, 6.45) is 2.31. The van der Waals surface area contributed by atoms with Gasteiger partial charge in [0.05, 0.1) is 5.69 Å². The quantitative estimate of drug-likeness (QED) is 0.655. The summed E-state index contributed by atoms with van der Waals surface area (Å²) in [4.78, 5) is 15.5. The summed E-state index contributed by atoms with van der Waals surface area (Å²) in [5, 5.41) is 9.39. The van der Waals surface area contributed by atoms with Crippen LogP contribution in [0.3, 0.4) is 0 Å². The number of Topliss-reactive ketones (excluding diaryl/α,β-unsaturated/α-hetero) is 1. The SMILES string of the molecule is Cc1nc2c(cc1O)CCCC2=O. The van der Waals surface area contributed by atoms with E-state index in [1.165, 1.54) is 0 Å². The number of carbonyl (C=O) groups is 1. The standard InChI is InChI=1S/C10H11NO2/c1-6-9(13)5-7-3-2-4-8(12)10(7)11-6/h5,13H,2-4H2,1H3. The Morgan fingerprint density at radius 3 is 3.00 bits per heavy atom. The van der Waals surface area contributed by atoms with Crippen LogP contribution in [0.2, 0.25) is 0 Å². The summed E-state index contributed by atoms with van der Waals surface area (Å²) in [5.74, 6) is 0.290. The average molecular weight is 177 g/mol. The topological polar surface area (TPSA) is 50.2 Å². The van der Waals surface area contributed by atoms with Crippen molar-refractivity contribution in [3.8, 4) is 5.75 Å². The lowest BCUT2D eigenvalue weighted by Gasteiger charge is -2.14. The van der Waals surface area contributed by atoms with E-state index in [9.17, 15) is 9.90 Å². The normalized spacial score (nSPS) is 15.6. The lowest BCUT2D eigenvalue weighted by molar-refractivity contribution is 0.0967. The van der Waals surface area contributed by atoms with Gasteiger partial charge in [0.15, 0.2) is 5.78 Å². The number of ketones is 1. The number of aryl methyl sites for hydroxylation is 2. The van der Waals surface area contributed by atoms with E-state index in [1.54, 1.807) is 13.0 Å². The van der Waals surface area contributed by atoms with Crippen molar-refractivity contribution in [1.29, 1.82) is 0 Å². The molecule has 13 heavy (non-hydrogen) atoms. The minimum Gasteiger partial charge on any atom is -0.506 e. The molecule has 68 valence electrons. The van der Waals surface area contributed by atoms with Gasteiger partial charge in [-0.15, -0.1) is 0 Å². The van der Waals surface area contributed by atoms with Crippen molar-refractivity contribution < 1.29 is 9.90 Å². The van der Waals surface area contributed by atoms with Crippen molar-refractivity contribution >= 4 is 5.78 Å². The van der Waals surface area contributed by atoms with Gasteiger partial charge in [-0.05, 0) is 31.4 Å². The van der Waals surface area contributed by atoms with E-state index in [4.69, 9.17) is 0 Å². The molecule has 1 aliphatic carbocycles. The second-order valence-electron chi connectivity index (χ2n) is 3.38. The van der Waals surface area contributed by atoms with Crippen molar-refractivity contribution in [1.82, 2.24) is 4.98 Å². The maximum absolute atomic E-state index is 11.4. The first kappa shape index (κ1) is 8.23. The molecule has 1 aliphatic rings. The summed E-state index contributed by atoms with van der Waals surface area (Å²) >= 11 is 0. The molecule has 0 amide bonds. The van der Waals surface area contributed by atoms with Gasteiger partial charge in [0.25, 0.3) is 0 Å². The lowest BCUT2D eigenvalue weighted by Crippen LogP contribution is -2.13. The molecule has 0 aromatic carbocycles. The van der Waals surface area contributed by atoms with Crippen LogP contribution in [-0.4, -0.2) is 15.9 Å². The molecule has 0 unspecified atom stereocenters. The van der Waals surface area contributed by atoms with E-state index >= 15 is 0 Å². The van der Waals surface area contributed by atoms with E-state index in [0.717, 1.165) is 18.4 Å². The Morgan fingerprint density at radius 1 is 1.46 bits per heavy atom. The van der Waals surface area contributed by atoms with Gasteiger partial charge in [-0.25, -0.2) is 4.98 Å². The van der Waals surface area contributed by atoms with Crippen molar-refractivity contribution in [2.45, 2.75) is 26.2 Å². The Bertz CT molecular complexity index is 371. The molecule has 2 rings (SSSR count). The van der Waals surface area contributed by atoms with Gasteiger partial charge in [-0.2, -0.15) is 0 Å². The number of carbonyl (C=O) groups excluding carboxylic acids is 1. The number of aromatic nitrogens is 1. The first-order valence-corrected chi connectivity index (χ1v) is 4.41. The first-order valence-electron chi connectivity index (χ1n) is 4.41. The molecular formula is C10H11NO2. The maximum Gasteiger partial charge on any atom is 0.181 e. The van der Waals surface area contributed by atoms with E-state index in [2.05, 4.69) is 4.98 Å². The van der Waals surface area contributed by atoms with Gasteiger partial charge >= 0.3 is 0 Å². The number of aromatic hydroxyl groups is 1. The van der Waals surface area contributed by atoms with Crippen molar-refractivity contribution in [2.75, 3.05) is 0 Å². The van der Waals surface area contributed by atoms with Crippen LogP contribution >= 0.6 is 0 Å². The Labute approximate surface area is 76.4 Å². The number of fused-ring (bicyclic) bond motifs is 1. The summed E-state index contributed by atoms with van der Waals surface area (Å²) in [7, 11) is 0. The minimum atomic E-state index is 0.101. The van der Waals surface area contributed by atoms with Crippen LogP contribution in [0.5, 0.6) is 5.75 Å². The Kier molecular flexibility index (Phi) is 1.79. The van der Waals surface area contributed by atoms with Crippen molar-refractivity contribution in [2.24, 2.45) is 0 Å². The highest BCUT2D eigenvalue weighted by Crippen LogP contribution is 2.24. The van der Waals surface area contributed by atoms with Crippen LogP contribution in [0.4, 0.5) is 0 Å². The number of rotatable bonds is 0. The second-order valence-corrected chi connectivity index (χ2v) is 3.38. The van der Waals surface area contributed by atoms with Crippen LogP contribution in [0.15, 0.2) is 6.07 Å². The van der Waals surface area contributed by atoms with E-state index in [1.807, 2.05) is 0 Å². The third-order valence-electron chi connectivity index (χ3n) is 2.38. The Hall–Kier alpha value is -1.38. The van der Waals surface area contributed by atoms with Crippen LogP contribution < -0.4 is 0 Å². The molecule has 0 radical (unpaired) electrons. The third-order valence-corrected chi connectivity index (χ3v) is 2.38. The molecule has 1 aromatic rings. The highest BCUT2D eigenvalue weighted by molar-refractivity contribution is 5.96. The number of pyridine rings is 1. The van der Waals surface area contributed by atoms with Gasteiger partial charge in [0, 0.05) is 6.42 Å². The molecule has 1 N–H and O–H groups in total. The van der Waals surface area contributed by atoms with Crippen molar-refractivity contribution in [3.63, 3.8) is 0 Å². The van der Waals surface area contributed by atoms with Gasteiger partial charge < -0.3 is 5.11 Å². The van der Waals surface area contributed by atoms with Gasteiger partial charge in [-0.1, -0.05) is 0 Å². The fourth-order valence-corrected chi connectivity index (χ4v) is 1.62. The highest BCUT2D eigenvalue weighted by atomic mass is 16.3. The molecule has 0 fully saturated rings. The van der Waals surface area contributed by atoms with Crippen LogP contribution in [0.25, 0.3) is 0 Å². The number of hydrogen-bond donors (Lipinski definition) is 1. The molecule has 0 atom stereocenters. The Morgan fingerprint density at radius 2 is 2.23 bits per heavy atom. The Balaban J connectivity index is 2.58. The van der Waals surface area contributed by atoms with Crippen LogP contribution in [-0.2, 0) is 6.42 Å². The molecule has 3 heteroatoms. The van der Waals surface area contributed by atoms with Gasteiger partial charge in [-0.3, -0.25) is 4.79 Å². The molecule has 0 saturated heterocycles. The number of nitrogens with zero attached hydrogens (tertiary/aromatic N) is 1. The molecule has 1 aromatic heterocycles. The zero-order valence-electron chi connectivity index (χ0n) is 7.50. The third kappa shape index (κ3) is 1.30. The predicted octanol–water partition coefficient (Wildman–Crippen LogP) is 1.61. The fraction of sp³-hybridized carbons (Fsp3) is 0.400. The molecule has 1 heterocycles. The lowest BCUT2D eigenvalue weighted by atomic mass is 9.94. The maximum atomic E-state index is 11.4. The molecule has 0 bridgehead atoms. The minimum absolute atomic E-state index is 0.101. The smallest absolute Gasteiger partial charge is 0.181 e. The molecule has 0 spiro atoms. The summed E-state index contributed by atoms with van der Waals surface area (Å²) in [6.45, 7) is 1.71. The fourth-order valence-electron chi connectivity index (χ4n) is 1.62. The summed E-state index contributed by atoms with van der Waals surface area (Å²) < 4.78 is 0.